The molecule has 1 amide bonds. The summed E-state index contributed by atoms with van der Waals surface area (Å²) in [5, 5.41) is 18.8. The zero-order valence-electron chi connectivity index (χ0n) is 18.5. The number of carboxylic acid groups (broad SMARTS) is 1. The third kappa shape index (κ3) is 6.58. The van der Waals surface area contributed by atoms with Gasteiger partial charge in [-0.3, -0.25) is 9.59 Å². The summed E-state index contributed by atoms with van der Waals surface area (Å²) in [5.41, 5.74) is 1.37. The van der Waals surface area contributed by atoms with Gasteiger partial charge >= 0.3 is 5.97 Å². The van der Waals surface area contributed by atoms with Gasteiger partial charge in [-0.15, -0.1) is 0 Å². The van der Waals surface area contributed by atoms with Crippen molar-refractivity contribution < 1.29 is 19.1 Å². The Morgan fingerprint density at radius 3 is 2.16 bits per heavy atom. The molecule has 2 aliphatic carbocycles. The van der Waals surface area contributed by atoms with Gasteiger partial charge in [0, 0.05) is 24.3 Å². The van der Waals surface area contributed by atoms with Crippen LogP contribution in [0.3, 0.4) is 0 Å². The van der Waals surface area contributed by atoms with Crippen molar-refractivity contribution in [2.75, 3.05) is 17.2 Å². The van der Waals surface area contributed by atoms with E-state index in [0.29, 0.717) is 24.2 Å². The lowest BCUT2D eigenvalue weighted by Gasteiger charge is -2.25. The monoisotopic (exact) mass is 433 g/mol. The molecule has 172 valence electrons. The first-order valence-corrected chi connectivity index (χ1v) is 11.9. The average molecular weight is 434 g/mol. The topological polar surface area (TPSA) is 90.5 Å². The smallest absolute Gasteiger partial charge is 0.306 e. The van der Waals surface area contributed by atoms with Gasteiger partial charge in [-0.1, -0.05) is 39.0 Å². The van der Waals surface area contributed by atoms with Crippen molar-refractivity contribution in [1.82, 2.24) is 5.32 Å². The summed E-state index contributed by atoms with van der Waals surface area (Å²) in [6.45, 7) is 2.06. The molecule has 4 N–H and O–H groups in total. The van der Waals surface area contributed by atoms with Crippen LogP contribution in [0, 0.1) is 11.7 Å². The zero-order chi connectivity index (χ0) is 22.2. The maximum Gasteiger partial charge on any atom is 0.306 e. The number of amides is 1. The fourth-order valence-electron chi connectivity index (χ4n) is 4.71. The van der Waals surface area contributed by atoms with E-state index in [1.54, 1.807) is 6.07 Å². The average Bonchev–Trinajstić information content (AvgIpc) is 3.27. The largest absolute Gasteiger partial charge is 0.481 e. The molecule has 2 saturated carbocycles. The summed E-state index contributed by atoms with van der Waals surface area (Å²) in [7, 11) is 0. The second kappa shape index (κ2) is 11.3. The molecule has 7 heteroatoms. The molecule has 1 unspecified atom stereocenters. The van der Waals surface area contributed by atoms with E-state index in [2.05, 4.69) is 16.0 Å². The highest BCUT2D eigenvalue weighted by molar-refractivity contribution is 6.00. The molecule has 0 bridgehead atoms. The minimum absolute atomic E-state index is 0.246. The summed E-state index contributed by atoms with van der Waals surface area (Å²) in [5.74, 6) is -2.15. The van der Waals surface area contributed by atoms with E-state index in [9.17, 15) is 19.1 Å². The number of halogens is 1. The molecule has 0 radical (unpaired) electrons. The zero-order valence-corrected chi connectivity index (χ0v) is 18.5. The van der Waals surface area contributed by atoms with Gasteiger partial charge in [0.05, 0.1) is 17.2 Å². The van der Waals surface area contributed by atoms with Crippen LogP contribution in [0.4, 0.5) is 15.8 Å². The van der Waals surface area contributed by atoms with Crippen LogP contribution in [-0.2, 0) is 4.79 Å². The molecule has 0 spiro atoms. The van der Waals surface area contributed by atoms with Crippen molar-refractivity contribution in [3.05, 3.63) is 23.5 Å². The summed E-state index contributed by atoms with van der Waals surface area (Å²) >= 11 is 0. The van der Waals surface area contributed by atoms with Gasteiger partial charge in [0.2, 0.25) is 0 Å². The molecule has 1 aromatic rings. The Bertz CT molecular complexity index is 759. The fourth-order valence-corrected chi connectivity index (χ4v) is 4.71. The number of carbonyl (C=O) groups excluding carboxylic acids is 1. The third-order valence-corrected chi connectivity index (χ3v) is 6.65. The number of benzene rings is 1. The van der Waals surface area contributed by atoms with Crippen LogP contribution in [0.15, 0.2) is 12.1 Å². The highest BCUT2D eigenvalue weighted by Gasteiger charge is 2.23. The van der Waals surface area contributed by atoms with E-state index in [4.69, 9.17) is 0 Å². The molecule has 2 fully saturated rings. The number of carboxylic acids is 1. The number of rotatable bonds is 10. The third-order valence-electron chi connectivity index (χ3n) is 6.65. The molecule has 6 nitrogen and oxygen atoms in total. The van der Waals surface area contributed by atoms with Gasteiger partial charge in [-0.25, -0.2) is 4.39 Å². The maximum atomic E-state index is 14.9. The predicted octanol–water partition coefficient (Wildman–Crippen LogP) is 5.16. The maximum absolute atomic E-state index is 14.9. The van der Waals surface area contributed by atoms with E-state index >= 15 is 0 Å². The summed E-state index contributed by atoms with van der Waals surface area (Å²) in [4.78, 5) is 24.0. The molecular weight excluding hydrogens is 397 g/mol. The van der Waals surface area contributed by atoms with E-state index in [1.165, 1.54) is 12.5 Å². The van der Waals surface area contributed by atoms with E-state index in [1.807, 2.05) is 6.92 Å². The molecule has 0 aliphatic heterocycles. The van der Waals surface area contributed by atoms with Crippen LogP contribution in [0.5, 0.6) is 0 Å². The minimum atomic E-state index is -0.857. The Balaban J connectivity index is 1.73. The fraction of sp³-hybridized carbons (Fsp3) is 0.667. The van der Waals surface area contributed by atoms with Gasteiger partial charge in [0.25, 0.3) is 5.91 Å². The van der Waals surface area contributed by atoms with E-state index in [0.717, 1.165) is 51.4 Å². The summed E-state index contributed by atoms with van der Waals surface area (Å²) < 4.78 is 14.9. The summed E-state index contributed by atoms with van der Waals surface area (Å²) in [6, 6.07) is 3.61. The van der Waals surface area contributed by atoms with Gasteiger partial charge in [0.15, 0.2) is 0 Å². The lowest BCUT2D eigenvalue weighted by molar-refractivity contribution is -0.142. The Morgan fingerprint density at radius 1 is 1.00 bits per heavy atom. The van der Waals surface area contributed by atoms with E-state index in [-0.39, 0.29) is 30.1 Å². The molecular formula is C24H36FN3O3. The second-order valence-corrected chi connectivity index (χ2v) is 8.97. The lowest BCUT2D eigenvalue weighted by Crippen LogP contribution is -2.29. The van der Waals surface area contributed by atoms with E-state index < -0.39 is 17.7 Å². The van der Waals surface area contributed by atoms with Crippen molar-refractivity contribution in [3.63, 3.8) is 0 Å². The Labute approximate surface area is 184 Å². The number of nitrogens with one attached hydrogen (secondary N) is 3. The number of aliphatic carboxylic acids is 1. The minimum Gasteiger partial charge on any atom is -0.481 e. The van der Waals surface area contributed by atoms with Crippen LogP contribution in [0.25, 0.3) is 0 Å². The molecule has 1 atom stereocenters. The van der Waals surface area contributed by atoms with Crippen molar-refractivity contribution in [2.45, 2.75) is 89.6 Å². The molecule has 0 heterocycles. The Kier molecular flexibility index (Phi) is 8.55. The van der Waals surface area contributed by atoms with Crippen molar-refractivity contribution in [1.29, 1.82) is 0 Å². The van der Waals surface area contributed by atoms with Gasteiger partial charge in [-0.05, 0) is 50.7 Å². The van der Waals surface area contributed by atoms with Gasteiger partial charge < -0.3 is 21.1 Å². The SMILES string of the molecule is CCC(CCNC(=O)c1cc(F)c(NC2CCCCC2)cc1NC1CCCC1)C(=O)O. The van der Waals surface area contributed by atoms with Gasteiger partial charge in [-0.2, -0.15) is 0 Å². The Hall–Kier alpha value is -2.31. The van der Waals surface area contributed by atoms with Crippen LogP contribution >= 0.6 is 0 Å². The predicted molar refractivity (Wildman–Crippen MR) is 121 cm³/mol. The molecule has 2 aliphatic rings. The number of hydrogen-bond acceptors (Lipinski definition) is 4. The second-order valence-electron chi connectivity index (χ2n) is 8.97. The Morgan fingerprint density at radius 2 is 1.58 bits per heavy atom. The van der Waals surface area contributed by atoms with Crippen molar-refractivity contribution in [3.8, 4) is 0 Å². The first-order chi connectivity index (χ1) is 15.0. The van der Waals surface area contributed by atoms with Crippen LogP contribution in [0.1, 0.15) is 87.9 Å². The first-order valence-electron chi connectivity index (χ1n) is 11.9. The number of anilines is 2. The molecule has 0 aromatic heterocycles. The quantitative estimate of drug-likeness (QED) is 0.409. The van der Waals surface area contributed by atoms with Crippen molar-refractivity contribution >= 4 is 23.3 Å². The van der Waals surface area contributed by atoms with Crippen molar-refractivity contribution in [2.24, 2.45) is 5.92 Å². The number of hydrogen-bond donors (Lipinski definition) is 4. The van der Waals surface area contributed by atoms with Crippen LogP contribution < -0.4 is 16.0 Å². The highest BCUT2D eigenvalue weighted by atomic mass is 19.1. The normalized spacial score (nSPS) is 18.5. The summed E-state index contributed by atoms with van der Waals surface area (Å²) in [6.07, 6.45) is 10.9. The molecule has 1 aromatic carbocycles. The number of carbonyl (C=O) groups is 2. The van der Waals surface area contributed by atoms with Crippen LogP contribution in [0.2, 0.25) is 0 Å². The standard InChI is InChI=1S/C24H36FN3O3/c1-2-16(24(30)31)12-13-26-23(29)19-14-20(25)22(28-18-8-4-3-5-9-18)15-21(19)27-17-10-6-7-11-17/h14-18,27-28H,2-13H2,1H3,(H,26,29)(H,30,31). The molecule has 0 saturated heterocycles. The lowest BCUT2D eigenvalue weighted by atomic mass is 9.95. The molecule has 3 rings (SSSR count). The van der Waals surface area contributed by atoms with Gasteiger partial charge in [0.1, 0.15) is 5.82 Å². The van der Waals surface area contributed by atoms with Crippen LogP contribution in [-0.4, -0.2) is 35.6 Å². The highest BCUT2D eigenvalue weighted by Crippen LogP contribution is 2.31. The first kappa shape index (κ1) is 23.4. The molecule has 31 heavy (non-hydrogen) atoms.